The molecule has 15 heavy (non-hydrogen) atoms. The molecule has 1 aromatic carbocycles. The second-order valence-corrected chi connectivity index (χ2v) is 3.75. The first-order valence-electron chi connectivity index (χ1n) is 4.13. The van der Waals surface area contributed by atoms with Crippen LogP contribution >= 0.6 is 15.9 Å². The van der Waals surface area contributed by atoms with E-state index in [1.807, 2.05) is 0 Å². The number of amides is 1. The molecule has 0 radical (unpaired) electrons. The van der Waals surface area contributed by atoms with Crippen LogP contribution in [0.5, 0.6) is 0 Å². The van der Waals surface area contributed by atoms with Crippen LogP contribution in [0.2, 0.25) is 0 Å². The maximum Gasteiger partial charge on any atom is 0.248 e. The lowest BCUT2D eigenvalue weighted by molar-refractivity contribution is 0.100. The fourth-order valence-electron chi connectivity index (χ4n) is 1.19. The zero-order valence-corrected chi connectivity index (χ0v) is 9.18. The number of hydrogen-bond acceptors (Lipinski definition) is 3. The molecular formula is C9H7BrN4O. The third kappa shape index (κ3) is 1.89. The van der Waals surface area contributed by atoms with Crippen molar-refractivity contribution in [1.82, 2.24) is 14.8 Å². The molecule has 0 bridgehead atoms. The summed E-state index contributed by atoms with van der Waals surface area (Å²) >= 11 is 3.37. The average molecular weight is 267 g/mol. The van der Waals surface area contributed by atoms with Gasteiger partial charge in [-0.25, -0.2) is 0 Å². The third-order valence-electron chi connectivity index (χ3n) is 1.93. The highest BCUT2D eigenvalue weighted by Crippen LogP contribution is 2.21. The van der Waals surface area contributed by atoms with E-state index in [-0.39, 0.29) is 0 Å². The van der Waals surface area contributed by atoms with Crippen molar-refractivity contribution in [3.05, 3.63) is 40.9 Å². The lowest BCUT2D eigenvalue weighted by Gasteiger charge is -2.05. The SMILES string of the molecule is NC(=O)c1ccc(Br)c(-n2cnnc2)c1. The van der Waals surface area contributed by atoms with Gasteiger partial charge in [-0.1, -0.05) is 0 Å². The summed E-state index contributed by atoms with van der Waals surface area (Å²) in [6, 6.07) is 5.09. The fraction of sp³-hybridized carbons (Fsp3) is 0. The minimum absolute atomic E-state index is 0.446. The number of nitrogens with zero attached hydrogens (tertiary/aromatic N) is 3. The Kier molecular flexibility index (Phi) is 2.51. The monoisotopic (exact) mass is 266 g/mol. The number of carbonyl (C=O) groups is 1. The molecule has 1 aromatic heterocycles. The molecule has 0 fully saturated rings. The largest absolute Gasteiger partial charge is 0.366 e. The maximum absolute atomic E-state index is 11.0. The van der Waals surface area contributed by atoms with Crippen LogP contribution in [-0.2, 0) is 0 Å². The van der Waals surface area contributed by atoms with Crippen LogP contribution in [0.4, 0.5) is 0 Å². The van der Waals surface area contributed by atoms with Crippen molar-refractivity contribution in [2.45, 2.75) is 0 Å². The number of benzene rings is 1. The second kappa shape index (κ2) is 3.82. The molecule has 2 N–H and O–H groups in total. The van der Waals surface area contributed by atoms with Crippen LogP contribution in [0.3, 0.4) is 0 Å². The molecule has 1 amide bonds. The molecule has 0 aliphatic rings. The van der Waals surface area contributed by atoms with E-state index in [0.29, 0.717) is 5.56 Å². The molecule has 76 valence electrons. The van der Waals surface area contributed by atoms with Crippen LogP contribution in [0.1, 0.15) is 10.4 Å². The molecule has 2 rings (SSSR count). The smallest absolute Gasteiger partial charge is 0.248 e. The third-order valence-corrected chi connectivity index (χ3v) is 2.60. The average Bonchev–Trinajstić information content (AvgIpc) is 2.71. The summed E-state index contributed by atoms with van der Waals surface area (Å²) < 4.78 is 2.53. The standard InChI is InChI=1S/C9H7BrN4O/c10-7-2-1-6(9(11)15)3-8(7)14-4-12-13-5-14/h1-5H,(H2,11,15). The molecule has 0 unspecified atom stereocenters. The van der Waals surface area contributed by atoms with Gasteiger partial charge in [0.15, 0.2) is 0 Å². The van der Waals surface area contributed by atoms with Gasteiger partial charge in [0, 0.05) is 10.0 Å². The van der Waals surface area contributed by atoms with Gasteiger partial charge in [-0.2, -0.15) is 0 Å². The molecule has 0 aliphatic carbocycles. The van der Waals surface area contributed by atoms with Gasteiger partial charge in [0.25, 0.3) is 0 Å². The van der Waals surface area contributed by atoms with E-state index < -0.39 is 5.91 Å². The van der Waals surface area contributed by atoms with Crippen LogP contribution in [0.25, 0.3) is 5.69 Å². The van der Waals surface area contributed by atoms with Crippen LogP contribution < -0.4 is 5.73 Å². The molecule has 6 heteroatoms. The number of nitrogens with two attached hydrogens (primary N) is 1. The number of halogens is 1. The Morgan fingerprint density at radius 1 is 1.33 bits per heavy atom. The summed E-state index contributed by atoms with van der Waals surface area (Å²) in [6.07, 6.45) is 3.09. The summed E-state index contributed by atoms with van der Waals surface area (Å²) in [5, 5.41) is 7.38. The van der Waals surface area contributed by atoms with Crippen LogP contribution in [0.15, 0.2) is 35.3 Å². The summed E-state index contributed by atoms with van der Waals surface area (Å²) in [7, 11) is 0. The molecule has 0 spiro atoms. The van der Waals surface area contributed by atoms with E-state index in [0.717, 1.165) is 10.2 Å². The Bertz CT molecular complexity index is 495. The number of rotatable bonds is 2. The normalized spacial score (nSPS) is 10.2. The summed E-state index contributed by atoms with van der Waals surface area (Å²) in [4.78, 5) is 11.0. The molecular weight excluding hydrogens is 260 g/mol. The number of carbonyl (C=O) groups excluding carboxylic acids is 1. The molecule has 0 aliphatic heterocycles. The predicted molar refractivity (Wildman–Crippen MR) is 57.6 cm³/mol. The van der Waals surface area contributed by atoms with E-state index >= 15 is 0 Å². The van der Waals surface area contributed by atoms with Gasteiger partial charge in [0.05, 0.1) is 5.69 Å². The van der Waals surface area contributed by atoms with Crippen molar-refractivity contribution in [3.63, 3.8) is 0 Å². The number of hydrogen-bond donors (Lipinski definition) is 1. The van der Waals surface area contributed by atoms with Crippen molar-refractivity contribution >= 4 is 21.8 Å². The summed E-state index contributed by atoms with van der Waals surface area (Å²) in [6.45, 7) is 0. The number of primary amides is 1. The highest BCUT2D eigenvalue weighted by molar-refractivity contribution is 9.10. The highest BCUT2D eigenvalue weighted by Gasteiger charge is 2.06. The summed E-state index contributed by atoms with van der Waals surface area (Å²) in [5.41, 5.74) is 6.41. The van der Waals surface area contributed by atoms with Gasteiger partial charge in [0.2, 0.25) is 5.91 Å². The molecule has 2 aromatic rings. The Hall–Kier alpha value is -1.69. The van der Waals surface area contributed by atoms with Crippen molar-refractivity contribution < 1.29 is 4.79 Å². The first-order valence-corrected chi connectivity index (χ1v) is 4.92. The molecule has 0 saturated heterocycles. The van der Waals surface area contributed by atoms with E-state index in [1.165, 1.54) is 0 Å². The fourth-order valence-corrected chi connectivity index (χ4v) is 1.64. The minimum Gasteiger partial charge on any atom is -0.366 e. The first-order chi connectivity index (χ1) is 7.18. The number of aromatic nitrogens is 3. The van der Waals surface area contributed by atoms with E-state index in [2.05, 4.69) is 26.1 Å². The molecule has 0 atom stereocenters. The second-order valence-electron chi connectivity index (χ2n) is 2.90. The first kappa shape index (κ1) is 9.85. The van der Waals surface area contributed by atoms with Crippen molar-refractivity contribution in [2.75, 3.05) is 0 Å². The van der Waals surface area contributed by atoms with Gasteiger partial charge < -0.3 is 5.73 Å². The van der Waals surface area contributed by atoms with Crippen LogP contribution in [0, 0.1) is 0 Å². The lowest BCUT2D eigenvalue weighted by atomic mass is 10.2. The summed E-state index contributed by atoms with van der Waals surface area (Å²) in [5.74, 6) is -0.461. The quantitative estimate of drug-likeness (QED) is 0.886. The molecule has 0 saturated carbocycles. The van der Waals surface area contributed by atoms with Gasteiger partial charge >= 0.3 is 0 Å². The van der Waals surface area contributed by atoms with Crippen molar-refractivity contribution in [3.8, 4) is 5.69 Å². The Morgan fingerprint density at radius 3 is 2.60 bits per heavy atom. The van der Waals surface area contributed by atoms with Crippen molar-refractivity contribution in [1.29, 1.82) is 0 Å². The molecule has 5 nitrogen and oxygen atoms in total. The van der Waals surface area contributed by atoms with Gasteiger partial charge in [0.1, 0.15) is 12.7 Å². The Morgan fingerprint density at radius 2 is 2.00 bits per heavy atom. The minimum atomic E-state index is -0.461. The Labute approximate surface area is 94.0 Å². The lowest BCUT2D eigenvalue weighted by Crippen LogP contribution is -2.11. The Balaban J connectivity index is 2.55. The van der Waals surface area contributed by atoms with E-state index in [1.54, 1.807) is 35.4 Å². The maximum atomic E-state index is 11.0. The van der Waals surface area contributed by atoms with E-state index in [9.17, 15) is 4.79 Å². The zero-order valence-electron chi connectivity index (χ0n) is 7.59. The topological polar surface area (TPSA) is 73.8 Å². The van der Waals surface area contributed by atoms with Gasteiger partial charge in [-0.3, -0.25) is 9.36 Å². The van der Waals surface area contributed by atoms with Crippen LogP contribution in [-0.4, -0.2) is 20.7 Å². The highest BCUT2D eigenvalue weighted by atomic mass is 79.9. The zero-order chi connectivity index (χ0) is 10.8. The predicted octanol–water partition coefficient (Wildman–Crippen LogP) is 1.13. The van der Waals surface area contributed by atoms with Gasteiger partial charge in [-0.15, -0.1) is 10.2 Å². The van der Waals surface area contributed by atoms with E-state index in [4.69, 9.17) is 5.73 Å². The molecule has 1 heterocycles. The van der Waals surface area contributed by atoms with Gasteiger partial charge in [-0.05, 0) is 34.1 Å². The van der Waals surface area contributed by atoms with Crippen molar-refractivity contribution in [2.24, 2.45) is 5.73 Å².